The van der Waals surface area contributed by atoms with Gasteiger partial charge < -0.3 is 24.0 Å². The van der Waals surface area contributed by atoms with Crippen molar-refractivity contribution in [2.24, 2.45) is 17.8 Å². The summed E-state index contributed by atoms with van der Waals surface area (Å²) in [5.74, 6) is 5.21. The molecule has 2 bridgehead atoms. The monoisotopic (exact) mass is 780 g/mol. The largest absolute Gasteiger partial charge is 0.490 e. The molecule has 3 heterocycles. The molecule has 11 heteroatoms. The minimum absolute atomic E-state index is 0.0298. The maximum Gasteiger partial charge on any atom is 0.262 e. The van der Waals surface area contributed by atoms with Crippen molar-refractivity contribution in [3.63, 3.8) is 0 Å². The number of fused-ring (bicyclic) bond motifs is 4. The van der Waals surface area contributed by atoms with E-state index in [1.54, 1.807) is 13.2 Å². The molecule has 2 aromatic rings. The Bertz CT molecular complexity index is 1800. The van der Waals surface area contributed by atoms with Crippen molar-refractivity contribution in [1.29, 1.82) is 0 Å². The van der Waals surface area contributed by atoms with Crippen LogP contribution < -0.4 is 14.4 Å². The molecule has 2 fully saturated rings. The summed E-state index contributed by atoms with van der Waals surface area (Å²) in [5.41, 5.74) is 3.30. The number of benzene rings is 2. The molecular weight excluding hydrogens is 720 g/mol. The zero-order valence-corrected chi connectivity index (χ0v) is 34.4. The van der Waals surface area contributed by atoms with Gasteiger partial charge >= 0.3 is 0 Å². The summed E-state index contributed by atoms with van der Waals surface area (Å²) in [6, 6.07) is 12.0. The second-order valence-electron chi connectivity index (χ2n) is 16.8. The number of allylic oxidation sites excluding steroid dienone is 1. The van der Waals surface area contributed by atoms with E-state index in [-0.39, 0.29) is 22.5 Å². The van der Waals surface area contributed by atoms with E-state index in [0.29, 0.717) is 30.4 Å². The number of amides is 1. The molecule has 0 aromatic heterocycles. The van der Waals surface area contributed by atoms with Crippen LogP contribution in [-0.4, -0.2) is 116 Å². The van der Waals surface area contributed by atoms with Crippen LogP contribution in [0.15, 0.2) is 48.6 Å². The van der Waals surface area contributed by atoms with Gasteiger partial charge in [0.2, 0.25) is 0 Å². The molecule has 1 N–H and O–H groups in total. The average molecular weight is 782 g/mol. The van der Waals surface area contributed by atoms with Gasteiger partial charge in [-0.1, -0.05) is 36.7 Å². The lowest BCUT2D eigenvalue weighted by Crippen LogP contribution is -2.59. The number of nitrogens with one attached hydrogen (secondary N) is 1. The number of aryl methyl sites for hydroxylation is 1. The van der Waals surface area contributed by atoms with E-state index in [1.807, 2.05) is 32.2 Å². The molecule has 1 unspecified atom stereocenters. The van der Waals surface area contributed by atoms with E-state index in [4.69, 9.17) is 25.8 Å². The number of hydrogen-bond acceptors (Lipinski definition) is 8. The van der Waals surface area contributed by atoms with Crippen molar-refractivity contribution in [3.8, 4) is 5.75 Å². The molecule has 1 saturated carbocycles. The van der Waals surface area contributed by atoms with Crippen LogP contribution in [0.3, 0.4) is 0 Å². The maximum absolute atomic E-state index is 14.1. The number of anilines is 1. The van der Waals surface area contributed by atoms with E-state index in [1.165, 1.54) is 11.1 Å². The number of rotatable bonds is 7. The van der Waals surface area contributed by atoms with E-state index >= 15 is 0 Å². The molecule has 3 aliphatic heterocycles. The number of halogens is 1. The van der Waals surface area contributed by atoms with Crippen LogP contribution in [-0.2, 0) is 31.0 Å². The molecule has 7 atom stereocenters. The van der Waals surface area contributed by atoms with Crippen LogP contribution in [0, 0.1) is 17.8 Å². The van der Waals surface area contributed by atoms with Crippen molar-refractivity contribution in [3.05, 3.63) is 70.3 Å². The van der Waals surface area contributed by atoms with Crippen LogP contribution in [0.2, 0.25) is 5.02 Å². The Morgan fingerprint density at radius 2 is 1.87 bits per heavy atom. The summed E-state index contributed by atoms with van der Waals surface area (Å²) < 4.78 is 35.7. The van der Waals surface area contributed by atoms with Crippen molar-refractivity contribution in [2.75, 3.05) is 84.7 Å². The summed E-state index contributed by atoms with van der Waals surface area (Å²) in [4.78, 5) is 21.5. The fourth-order valence-corrected chi connectivity index (χ4v) is 11.5. The van der Waals surface area contributed by atoms with Crippen LogP contribution >= 0.6 is 11.6 Å². The molecular formula is C43H61ClN4O5S. The molecule has 1 amide bonds. The SMILES string of the molecule is C=S1(=O)NC(=O)c2ccc3c(c2)N(C[C@@H]2CC[C@H]2[C@@](CN2CCN(CCCOC)CC2)(OC)/C=C/C[C@H](C)[C@H]1C)C[C@@]1(CCCc2cc(Cl)ccc21)CO3. The lowest BCUT2D eigenvalue weighted by Gasteiger charge is -2.52. The topological polar surface area (TPSA) is 83.6 Å². The third kappa shape index (κ3) is 8.12. The van der Waals surface area contributed by atoms with E-state index in [9.17, 15) is 9.00 Å². The van der Waals surface area contributed by atoms with Crippen LogP contribution in [0.5, 0.6) is 5.75 Å². The van der Waals surface area contributed by atoms with Gasteiger partial charge in [-0.15, -0.1) is 0 Å². The number of piperazine rings is 1. The highest BCUT2D eigenvalue weighted by molar-refractivity contribution is 7.99. The van der Waals surface area contributed by atoms with E-state index in [2.05, 4.69) is 56.5 Å². The Balaban J connectivity index is 1.25. The fourth-order valence-electron chi connectivity index (χ4n) is 9.86. The maximum atomic E-state index is 14.1. The zero-order chi connectivity index (χ0) is 38.1. The zero-order valence-electron chi connectivity index (χ0n) is 32.8. The number of hydrogen-bond donors (Lipinski definition) is 1. The van der Waals surface area contributed by atoms with Gasteiger partial charge in [0.1, 0.15) is 11.4 Å². The number of methoxy groups -OCH3 is 2. The Labute approximate surface area is 328 Å². The summed E-state index contributed by atoms with van der Waals surface area (Å²) in [6.07, 6.45) is 11.6. The first-order valence-electron chi connectivity index (χ1n) is 20.1. The lowest BCUT2D eigenvalue weighted by atomic mass is 9.63. The smallest absolute Gasteiger partial charge is 0.262 e. The van der Waals surface area contributed by atoms with Gasteiger partial charge in [-0.3, -0.25) is 14.4 Å². The number of carbonyl (C=O) groups is 1. The first kappa shape index (κ1) is 39.6. The van der Waals surface area contributed by atoms with Crippen molar-refractivity contribution in [2.45, 2.75) is 75.1 Å². The van der Waals surface area contributed by atoms with Gasteiger partial charge in [-0.25, -0.2) is 4.21 Å². The molecule has 0 radical (unpaired) electrons. The summed E-state index contributed by atoms with van der Waals surface area (Å²) >= 11 is 6.53. The number of ether oxygens (including phenoxy) is 3. The Kier molecular flexibility index (Phi) is 12.1. The minimum Gasteiger partial charge on any atom is -0.490 e. The van der Waals surface area contributed by atoms with Crippen molar-refractivity contribution < 1.29 is 23.2 Å². The lowest BCUT2D eigenvalue weighted by molar-refractivity contribution is -0.0955. The Morgan fingerprint density at radius 1 is 1.07 bits per heavy atom. The summed E-state index contributed by atoms with van der Waals surface area (Å²) in [7, 11) is 0.709. The number of carbonyl (C=O) groups excluding carboxylic acids is 1. The molecule has 1 saturated heterocycles. The van der Waals surface area contributed by atoms with Gasteiger partial charge in [0.05, 0.1) is 22.0 Å². The van der Waals surface area contributed by atoms with E-state index < -0.39 is 15.3 Å². The third-order valence-electron chi connectivity index (χ3n) is 13.5. The molecule has 54 heavy (non-hydrogen) atoms. The van der Waals surface area contributed by atoms with Crippen LogP contribution in [0.1, 0.15) is 73.9 Å². The quantitative estimate of drug-likeness (QED) is 0.202. The highest BCUT2D eigenvalue weighted by atomic mass is 35.5. The average Bonchev–Trinajstić information content (AvgIpc) is 3.29. The van der Waals surface area contributed by atoms with Gasteiger partial charge in [-0.2, -0.15) is 0 Å². The molecule has 1 spiro atoms. The number of nitrogens with zero attached hydrogens (tertiary/aromatic N) is 3. The molecule has 5 aliphatic rings. The summed E-state index contributed by atoms with van der Waals surface area (Å²) in [6.45, 7) is 13.0. The molecule has 7 rings (SSSR count). The second kappa shape index (κ2) is 16.5. The van der Waals surface area contributed by atoms with Crippen LogP contribution in [0.4, 0.5) is 5.69 Å². The molecule has 2 aliphatic carbocycles. The highest BCUT2D eigenvalue weighted by Crippen LogP contribution is 2.49. The predicted octanol–water partition coefficient (Wildman–Crippen LogP) is 6.22. The molecule has 296 valence electrons. The van der Waals surface area contributed by atoms with Gasteiger partial charge in [0.15, 0.2) is 0 Å². The standard InChI is InChI=1S/C43H61ClN4O5S/c1-31-9-6-18-43(52-4,29-47-22-20-46(21-23-47)19-8-24-51-3)38-14-11-35(38)27-48-28-42(17-7-10-33-25-36(44)13-15-37(33)42)30-53-40-16-12-34(26-39(40)48)41(49)45-54(5,50)32(31)2/h6,12-13,15-16,18,25-26,31-32,35,38H,5,7-11,14,17,19-24,27-30H2,1-4H3,(H,45,49,50)/b18-6+/t31-,32+,35-,38+,42-,43+,54?/m0/s1. The third-order valence-corrected chi connectivity index (χ3v) is 15.9. The predicted molar refractivity (Wildman–Crippen MR) is 221 cm³/mol. The molecule has 2 aromatic carbocycles. The van der Waals surface area contributed by atoms with Crippen molar-refractivity contribution >= 4 is 38.8 Å². The van der Waals surface area contributed by atoms with E-state index in [0.717, 1.165) is 114 Å². The normalized spacial score (nSPS) is 34.2. The minimum atomic E-state index is -2.96. The summed E-state index contributed by atoms with van der Waals surface area (Å²) in [5, 5.41) is 0.433. The molecule has 9 nitrogen and oxygen atoms in total. The fraction of sp³-hybridized carbons (Fsp3) is 0.628. The Hall–Kier alpha value is -2.60. The van der Waals surface area contributed by atoms with Gasteiger partial charge in [0, 0.05) is 94.4 Å². The first-order valence-corrected chi connectivity index (χ1v) is 22.3. The van der Waals surface area contributed by atoms with Crippen LogP contribution in [0.25, 0.3) is 0 Å². The van der Waals surface area contributed by atoms with Gasteiger partial charge in [-0.05, 0) is 117 Å². The highest BCUT2D eigenvalue weighted by Gasteiger charge is 2.50. The van der Waals surface area contributed by atoms with Gasteiger partial charge in [0.25, 0.3) is 5.91 Å². The second-order valence-corrected chi connectivity index (χ2v) is 19.7. The first-order chi connectivity index (χ1) is 26.0. The van der Waals surface area contributed by atoms with Crippen molar-refractivity contribution in [1.82, 2.24) is 14.5 Å². The Morgan fingerprint density at radius 3 is 2.61 bits per heavy atom.